The van der Waals surface area contributed by atoms with Crippen molar-refractivity contribution in [2.75, 3.05) is 16.8 Å². The van der Waals surface area contributed by atoms with Crippen molar-refractivity contribution in [2.24, 2.45) is 14.1 Å². The first-order valence-corrected chi connectivity index (χ1v) is 12.6. The molecule has 0 radical (unpaired) electrons. The van der Waals surface area contributed by atoms with Gasteiger partial charge in [-0.3, -0.25) is 18.7 Å². The summed E-state index contributed by atoms with van der Waals surface area (Å²) >= 11 is 0.623. The molecule has 2 atom stereocenters. The normalized spacial score (nSPS) is 16.5. The van der Waals surface area contributed by atoms with Crippen molar-refractivity contribution in [3.8, 4) is 11.3 Å². The highest BCUT2D eigenvalue weighted by atomic mass is 32.1. The summed E-state index contributed by atoms with van der Waals surface area (Å²) in [5.74, 6) is -1.03. The number of nitrogens with one attached hydrogen (secondary N) is 1. The van der Waals surface area contributed by atoms with Crippen LogP contribution in [0.15, 0.2) is 34.1 Å². The number of amides is 1. The number of thiazole rings is 1. The molecule has 1 aliphatic rings. The molecule has 4 aromatic rings. The number of nitrogens with zero attached hydrogens (tertiary/aromatic N) is 6. The minimum atomic E-state index is -0.926. The van der Waals surface area contributed by atoms with E-state index in [-0.39, 0.29) is 33.6 Å². The van der Waals surface area contributed by atoms with Crippen LogP contribution in [-0.4, -0.2) is 42.2 Å². The van der Waals surface area contributed by atoms with Gasteiger partial charge in [0.15, 0.2) is 16.3 Å². The van der Waals surface area contributed by atoms with Gasteiger partial charge >= 0.3 is 5.69 Å². The number of hydrogen-bond donors (Lipinski definition) is 1. The van der Waals surface area contributed by atoms with Gasteiger partial charge in [0.05, 0.1) is 12.0 Å². The van der Waals surface area contributed by atoms with E-state index >= 15 is 0 Å². The fraction of sp³-hybridized carbons (Fsp3) is 0.375. The lowest BCUT2D eigenvalue weighted by atomic mass is 10.1. The van der Waals surface area contributed by atoms with Crippen molar-refractivity contribution in [2.45, 2.75) is 38.8 Å². The van der Waals surface area contributed by atoms with E-state index in [0.29, 0.717) is 17.0 Å². The minimum Gasteiger partial charge on any atom is -0.366 e. The third kappa shape index (κ3) is 4.12. The smallest absolute Gasteiger partial charge is 0.332 e. The number of benzene rings is 1. The third-order valence-corrected chi connectivity index (χ3v) is 7.63. The Morgan fingerprint density at radius 2 is 1.97 bits per heavy atom. The molecule has 0 bridgehead atoms. The number of anilines is 2. The fourth-order valence-corrected chi connectivity index (χ4v) is 5.42. The molecule has 37 heavy (non-hydrogen) atoms. The third-order valence-electron chi connectivity index (χ3n) is 6.87. The van der Waals surface area contributed by atoms with E-state index in [0.717, 1.165) is 24.0 Å². The monoisotopic (exact) mass is 529 g/mol. The van der Waals surface area contributed by atoms with Crippen molar-refractivity contribution in [1.29, 1.82) is 0 Å². The van der Waals surface area contributed by atoms with E-state index in [1.165, 1.54) is 35.6 Å². The first-order chi connectivity index (χ1) is 17.6. The molecular weight excluding hydrogens is 504 g/mol. The Morgan fingerprint density at radius 1 is 1.22 bits per heavy atom. The second-order valence-corrected chi connectivity index (χ2v) is 10.1. The van der Waals surface area contributed by atoms with Gasteiger partial charge in [0.25, 0.3) is 5.56 Å². The zero-order chi connectivity index (χ0) is 26.6. The molecule has 194 valence electrons. The van der Waals surface area contributed by atoms with Crippen LogP contribution in [0.2, 0.25) is 0 Å². The van der Waals surface area contributed by atoms with Crippen LogP contribution >= 0.6 is 11.3 Å². The number of hydrogen-bond acceptors (Lipinski definition) is 7. The minimum absolute atomic E-state index is 0.00766. The molecule has 1 aliphatic heterocycles. The Bertz CT molecular complexity index is 1650. The van der Waals surface area contributed by atoms with Crippen molar-refractivity contribution in [1.82, 2.24) is 23.7 Å². The van der Waals surface area contributed by atoms with E-state index in [2.05, 4.69) is 15.3 Å². The zero-order valence-electron chi connectivity index (χ0n) is 20.7. The number of imidazole rings is 1. The Hall–Kier alpha value is -3.87. The molecule has 1 aromatic carbocycles. The van der Waals surface area contributed by atoms with Crippen LogP contribution in [0, 0.1) is 10.9 Å². The van der Waals surface area contributed by atoms with Crippen molar-refractivity contribution in [3.05, 3.63) is 56.3 Å². The van der Waals surface area contributed by atoms with Crippen LogP contribution in [-0.2, 0) is 18.9 Å². The summed E-state index contributed by atoms with van der Waals surface area (Å²) in [5.41, 5.74) is -0.227. The van der Waals surface area contributed by atoms with Gasteiger partial charge in [-0.15, -0.1) is 0 Å². The van der Waals surface area contributed by atoms with E-state index < -0.39 is 34.1 Å². The van der Waals surface area contributed by atoms with Gasteiger partial charge in [-0.2, -0.15) is 4.39 Å². The van der Waals surface area contributed by atoms with Gasteiger partial charge in [0.1, 0.15) is 17.6 Å². The lowest BCUT2D eigenvalue weighted by molar-refractivity contribution is -0.118. The number of halogens is 2. The highest BCUT2D eigenvalue weighted by Gasteiger charge is 2.26. The van der Waals surface area contributed by atoms with Gasteiger partial charge < -0.3 is 14.8 Å². The molecule has 0 spiro atoms. The molecule has 3 aromatic heterocycles. The van der Waals surface area contributed by atoms with Gasteiger partial charge in [-0.05, 0) is 38.8 Å². The maximum atomic E-state index is 14.9. The number of carbonyl (C=O) groups excluding carboxylic acids is 1. The standard InChI is InChI=1S/C24H25F2N7O3S/c1-12-6-5-9-32(12)16-8-7-14(10-15(16)25)17-19(26)37-23(28-17)29-21(34)13(2)33-11-27-20-18(33)22(35)31(4)24(36)30(20)3/h7-8,10-13H,5-6,9H2,1-4H3,(H,28,29,34)/t12-,13?/m0/s1. The predicted octanol–water partition coefficient (Wildman–Crippen LogP) is 3.02. The SMILES string of the molecule is CC(C(=O)Nc1nc(-c2ccc(N3CCC[C@@H]3C)c(F)c2)c(F)s1)n1cnc2c1c(=O)n(C)c(=O)n2C. The Kier molecular flexibility index (Phi) is 6.18. The first-order valence-electron chi connectivity index (χ1n) is 11.7. The molecule has 13 heteroatoms. The van der Waals surface area contributed by atoms with Crippen LogP contribution in [0.4, 0.5) is 19.6 Å². The molecule has 0 aliphatic carbocycles. The van der Waals surface area contributed by atoms with Crippen molar-refractivity contribution >= 4 is 39.2 Å². The number of aromatic nitrogens is 5. The van der Waals surface area contributed by atoms with Gasteiger partial charge in [0, 0.05) is 32.2 Å². The topological polar surface area (TPSA) is 107 Å². The summed E-state index contributed by atoms with van der Waals surface area (Å²) in [7, 11) is 2.82. The number of carbonyl (C=O) groups is 1. The van der Waals surface area contributed by atoms with Gasteiger partial charge in [-0.1, -0.05) is 17.4 Å². The molecule has 1 N–H and O–H groups in total. The van der Waals surface area contributed by atoms with Crippen LogP contribution in [0.5, 0.6) is 0 Å². The van der Waals surface area contributed by atoms with Gasteiger partial charge in [0.2, 0.25) is 11.0 Å². The predicted molar refractivity (Wildman–Crippen MR) is 137 cm³/mol. The largest absolute Gasteiger partial charge is 0.366 e. The number of rotatable bonds is 5. The fourth-order valence-electron chi connectivity index (χ4n) is 4.71. The Labute approximate surface area is 213 Å². The first kappa shape index (κ1) is 24.8. The quantitative estimate of drug-likeness (QED) is 0.426. The summed E-state index contributed by atoms with van der Waals surface area (Å²) in [6.45, 7) is 4.35. The number of aryl methyl sites for hydroxylation is 1. The summed E-state index contributed by atoms with van der Waals surface area (Å²) < 4.78 is 33.2. The molecule has 1 unspecified atom stereocenters. The van der Waals surface area contributed by atoms with Crippen molar-refractivity contribution in [3.63, 3.8) is 0 Å². The molecular formula is C24H25F2N7O3S. The van der Waals surface area contributed by atoms with E-state index in [1.54, 1.807) is 19.1 Å². The zero-order valence-corrected chi connectivity index (χ0v) is 21.5. The molecule has 4 heterocycles. The highest BCUT2D eigenvalue weighted by Crippen LogP contribution is 2.34. The maximum absolute atomic E-state index is 14.9. The molecule has 1 fully saturated rings. The van der Waals surface area contributed by atoms with E-state index in [4.69, 9.17) is 0 Å². The summed E-state index contributed by atoms with van der Waals surface area (Å²) in [5, 5.41) is 1.89. The van der Waals surface area contributed by atoms with Crippen LogP contribution in [0.3, 0.4) is 0 Å². The van der Waals surface area contributed by atoms with Crippen LogP contribution in [0.1, 0.15) is 32.7 Å². The van der Waals surface area contributed by atoms with Crippen molar-refractivity contribution < 1.29 is 13.6 Å². The van der Waals surface area contributed by atoms with E-state index in [9.17, 15) is 23.2 Å². The average molecular weight is 530 g/mol. The Balaban J connectivity index is 1.40. The van der Waals surface area contributed by atoms with E-state index in [1.807, 2.05) is 11.8 Å². The average Bonchev–Trinajstić information content (AvgIpc) is 3.59. The maximum Gasteiger partial charge on any atom is 0.332 e. The number of fused-ring (bicyclic) bond motifs is 1. The second-order valence-electron chi connectivity index (χ2n) is 9.19. The second kappa shape index (κ2) is 9.21. The molecule has 1 saturated heterocycles. The lowest BCUT2D eigenvalue weighted by Gasteiger charge is -2.24. The summed E-state index contributed by atoms with van der Waals surface area (Å²) in [6, 6.07) is 3.81. The van der Waals surface area contributed by atoms with Crippen LogP contribution < -0.4 is 21.5 Å². The molecule has 1 amide bonds. The summed E-state index contributed by atoms with van der Waals surface area (Å²) in [6.07, 6.45) is 3.28. The molecule has 0 saturated carbocycles. The van der Waals surface area contributed by atoms with Gasteiger partial charge in [-0.25, -0.2) is 19.2 Å². The molecule has 5 rings (SSSR count). The summed E-state index contributed by atoms with van der Waals surface area (Å²) in [4.78, 5) is 48.1. The molecule has 10 nitrogen and oxygen atoms in total. The Morgan fingerprint density at radius 3 is 2.65 bits per heavy atom. The highest BCUT2D eigenvalue weighted by molar-refractivity contribution is 7.14. The lowest BCUT2D eigenvalue weighted by Crippen LogP contribution is -2.38. The van der Waals surface area contributed by atoms with Crippen LogP contribution in [0.25, 0.3) is 22.4 Å².